The van der Waals surface area contributed by atoms with Crippen LogP contribution in [0.1, 0.15) is 25.0 Å². The van der Waals surface area contributed by atoms with Crippen molar-refractivity contribution in [3.63, 3.8) is 0 Å². The van der Waals surface area contributed by atoms with Gasteiger partial charge in [-0.3, -0.25) is 4.99 Å². The molecule has 7 heteroatoms. The van der Waals surface area contributed by atoms with Crippen molar-refractivity contribution >= 4 is 17.3 Å². The average Bonchev–Trinajstić information content (AvgIpc) is 3.30. The number of oxazole rings is 1. The number of likely N-dealkylation sites (tertiary alicyclic amines) is 1. The van der Waals surface area contributed by atoms with E-state index in [1.54, 1.807) is 24.6 Å². The predicted octanol–water partition coefficient (Wildman–Crippen LogP) is 2.55. The molecule has 2 aromatic rings. The minimum atomic E-state index is 0.595. The Morgan fingerprint density at radius 2 is 2.21 bits per heavy atom. The van der Waals surface area contributed by atoms with E-state index in [9.17, 15) is 0 Å². The Kier molecular flexibility index (Phi) is 6.26. The molecule has 3 heterocycles. The van der Waals surface area contributed by atoms with Crippen LogP contribution in [0.2, 0.25) is 0 Å². The predicted molar refractivity (Wildman–Crippen MR) is 98.3 cm³/mol. The van der Waals surface area contributed by atoms with E-state index in [1.807, 2.05) is 17.5 Å². The number of nitrogens with zero attached hydrogens (tertiary/aromatic N) is 3. The molecule has 0 aromatic carbocycles. The van der Waals surface area contributed by atoms with Gasteiger partial charge in [0.15, 0.2) is 5.96 Å². The molecule has 1 aliphatic heterocycles. The highest BCUT2D eigenvalue weighted by Gasteiger charge is 2.10. The van der Waals surface area contributed by atoms with Gasteiger partial charge in [0.2, 0.25) is 5.89 Å². The van der Waals surface area contributed by atoms with Gasteiger partial charge in [0.1, 0.15) is 6.26 Å². The fourth-order valence-electron chi connectivity index (χ4n) is 2.81. The molecule has 24 heavy (non-hydrogen) atoms. The lowest BCUT2D eigenvalue weighted by Crippen LogP contribution is -2.42. The molecule has 0 radical (unpaired) electrons. The lowest BCUT2D eigenvalue weighted by Gasteiger charge is -2.26. The highest BCUT2D eigenvalue weighted by Crippen LogP contribution is 2.23. The Labute approximate surface area is 147 Å². The quantitative estimate of drug-likeness (QED) is 0.621. The van der Waals surface area contributed by atoms with Crippen molar-refractivity contribution in [3.05, 3.63) is 29.5 Å². The third kappa shape index (κ3) is 4.82. The van der Waals surface area contributed by atoms with Gasteiger partial charge in [0, 0.05) is 20.1 Å². The summed E-state index contributed by atoms with van der Waals surface area (Å²) in [7, 11) is 1.79. The number of thiophene rings is 1. The third-order valence-corrected chi connectivity index (χ3v) is 4.97. The summed E-state index contributed by atoms with van der Waals surface area (Å²) >= 11 is 1.63. The molecule has 3 rings (SSSR count). The average molecular weight is 347 g/mol. The summed E-state index contributed by atoms with van der Waals surface area (Å²) in [6, 6.07) is 4.00. The monoisotopic (exact) mass is 347 g/mol. The molecule has 0 bridgehead atoms. The van der Waals surface area contributed by atoms with Crippen molar-refractivity contribution in [1.82, 2.24) is 20.5 Å². The second-order valence-electron chi connectivity index (χ2n) is 5.88. The minimum absolute atomic E-state index is 0.595. The molecular formula is C17H25N5OS. The fraction of sp³-hybridized carbons (Fsp3) is 0.529. The Morgan fingerprint density at radius 1 is 1.33 bits per heavy atom. The van der Waals surface area contributed by atoms with Crippen LogP contribution in [0.25, 0.3) is 10.8 Å². The van der Waals surface area contributed by atoms with E-state index in [2.05, 4.69) is 25.5 Å². The van der Waals surface area contributed by atoms with Crippen LogP contribution in [0, 0.1) is 0 Å². The van der Waals surface area contributed by atoms with E-state index in [-0.39, 0.29) is 0 Å². The number of piperidine rings is 1. The Hall–Kier alpha value is -1.86. The number of aromatic nitrogens is 1. The first kappa shape index (κ1) is 17.0. The molecule has 130 valence electrons. The van der Waals surface area contributed by atoms with Crippen LogP contribution >= 0.6 is 11.3 Å². The lowest BCUT2D eigenvalue weighted by molar-refractivity contribution is 0.232. The molecule has 1 aliphatic rings. The molecule has 0 saturated carbocycles. The molecule has 1 fully saturated rings. The Morgan fingerprint density at radius 3 is 2.96 bits per heavy atom. The lowest BCUT2D eigenvalue weighted by atomic mass is 10.1. The van der Waals surface area contributed by atoms with Crippen molar-refractivity contribution in [2.24, 2.45) is 4.99 Å². The molecule has 2 aromatic heterocycles. The van der Waals surface area contributed by atoms with Gasteiger partial charge in [0.25, 0.3) is 0 Å². The van der Waals surface area contributed by atoms with Crippen LogP contribution in [-0.2, 0) is 6.54 Å². The van der Waals surface area contributed by atoms with E-state index in [0.29, 0.717) is 12.4 Å². The summed E-state index contributed by atoms with van der Waals surface area (Å²) in [6.45, 7) is 5.00. The number of rotatable bonds is 6. The summed E-state index contributed by atoms with van der Waals surface area (Å²) in [5, 5.41) is 8.66. The van der Waals surface area contributed by atoms with E-state index in [0.717, 1.165) is 29.6 Å². The Balaban J connectivity index is 1.41. The van der Waals surface area contributed by atoms with Crippen LogP contribution < -0.4 is 10.6 Å². The second-order valence-corrected chi connectivity index (χ2v) is 6.82. The van der Waals surface area contributed by atoms with E-state index >= 15 is 0 Å². The topological polar surface area (TPSA) is 65.7 Å². The number of hydrogen-bond donors (Lipinski definition) is 2. The van der Waals surface area contributed by atoms with Gasteiger partial charge in [0.05, 0.1) is 17.1 Å². The first-order chi connectivity index (χ1) is 11.8. The minimum Gasteiger partial charge on any atom is -0.443 e. The maximum Gasteiger partial charge on any atom is 0.236 e. The van der Waals surface area contributed by atoms with Gasteiger partial charge in [-0.15, -0.1) is 11.3 Å². The molecule has 2 N–H and O–H groups in total. The van der Waals surface area contributed by atoms with E-state index in [1.165, 1.54) is 32.4 Å². The van der Waals surface area contributed by atoms with Crippen LogP contribution in [0.5, 0.6) is 0 Å². The zero-order valence-electron chi connectivity index (χ0n) is 14.1. The standard InChI is InChI=1S/C17H25N5OS/c1-18-17(19-7-10-22-8-3-2-4-9-22)20-12-14-13-23-16(21-14)15-6-5-11-24-15/h5-6,11,13H,2-4,7-10,12H2,1H3,(H2,18,19,20). The van der Waals surface area contributed by atoms with Crippen molar-refractivity contribution in [2.75, 3.05) is 33.2 Å². The summed E-state index contributed by atoms with van der Waals surface area (Å²) in [5.41, 5.74) is 0.873. The number of guanidine groups is 1. The largest absolute Gasteiger partial charge is 0.443 e. The van der Waals surface area contributed by atoms with Gasteiger partial charge >= 0.3 is 0 Å². The molecule has 0 atom stereocenters. The number of aliphatic imine (C=N–C) groups is 1. The van der Waals surface area contributed by atoms with Gasteiger partial charge in [-0.25, -0.2) is 4.98 Å². The zero-order chi connectivity index (χ0) is 16.6. The SMILES string of the molecule is CN=C(NCCN1CCCCC1)NCc1coc(-c2cccs2)n1. The number of hydrogen-bond acceptors (Lipinski definition) is 5. The van der Waals surface area contributed by atoms with Crippen LogP contribution in [0.4, 0.5) is 0 Å². The first-order valence-corrected chi connectivity index (χ1v) is 9.38. The Bertz CT molecular complexity index is 631. The van der Waals surface area contributed by atoms with Crippen molar-refractivity contribution < 1.29 is 4.42 Å². The highest BCUT2D eigenvalue weighted by atomic mass is 32.1. The van der Waals surface area contributed by atoms with Crippen molar-refractivity contribution in [2.45, 2.75) is 25.8 Å². The van der Waals surface area contributed by atoms with Gasteiger partial charge < -0.3 is 20.0 Å². The normalized spacial score (nSPS) is 16.3. The molecule has 0 unspecified atom stereocenters. The smallest absolute Gasteiger partial charge is 0.236 e. The molecule has 0 amide bonds. The molecular weight excluding hydrogens is 322 g/mol. The molecule has 0 spiro atoms. The van der Waals surface area contributed by atoms with Crippen LogP contribution in [-0.4, -0.2) is 49.1 Å². The van der Waals surface area contributed by atoms with Crippen molar-refractivity contribution in [1.29, 1.82) is 0 Å². The summed E-state index contributed by atoms with van der Waals surface area (Å²) in [5.74, 6) is 1.47. The van der Waals surface area contributed by atoms with Gasteiger partial charge in [-0.05, 0) is 37.4 Å². The van der Waals surface area contributed by atoms with E-state index < -0.39 is 0 Å². The maximum absolute atomic E-state index is 5.53. The molecule has 6 nitrogen and oxygen atoms in total. The van der Waals surface area contributed by atoms with Crippen LogP contribution in [0.3, 0.4) is 0 Å². The van der Waals surface area contributed by atoms with Crippen molar-refractivity contribution in [3.8, 4) is 10.8 Å². The fourth-order valence-corrected chi connectivity index (χ4v) is 3.47. The molecule has 0 aliphatic carbocycles. The van der Waals surface area contributed by atoms with Crippen LogP contribution in [0.15, 0.2) is 33.2 Å². The third-order valence-electron chi connectivity index (χ3n) is 4.11. The van der Waals surface area contributed by atoms with E-state index in [4.69, 9.17) is 4.42 Å². The second kappa shape index (κ2) is 8.84. The first-order valence-electron chi connectivity index (χ1n) is 8.50. The van der Waals surface area contributed by atoms with Gasteiger partial charge in [-0.1, -0.05) is 12.5 Å². The summed E-state index contributed by atoms with van der Waals surface area (Å²) < 4.78 is 5.53. The zero-order valence-corrected chi connectivity index (χ0v) is 14.9. The maximum atomic E-state index is 5.53. The number of nitrogens with one attached hydrogen (secondary N) is 2. The summed E-state index contributed by atoms with van der Waals surface area (Å²) in [6.07, 6.45) is 5.72. The molecule has 1 saturated heterocycles. The summed E-state index contributed by atoms with van der Waals surface area (Å²) in [4.78, 5) is 12.3. The highest BCUT2D eigenvalue weighted by molar-refractivity contribution is 7.13. The van der Waals surface area contributed by atoms with Gasteiger partial charge in [-0.2, -0.15) is 0 Å².